The summed E-state index contributed by atoms with van der Waals surface area (Å²) in [4.78, 5) is 17.4. The van der Waals surface area contributed by atoms with E-state index < -0.39 is 18.2 Å². The number of rotatable bonds is 7. The van der Waals surface area contributed by atoms with Crippen molar-refractivity contribution < 1.29 is 23.1 Å². The molecule has 40 heavy (non-hydrogen) atoms. The Morgan fingerprint density at radius 2 is 1.93 bits per heavy atom. The number of aromatic nitrogens is 1. The molecule has 2 aliphatic carbocycles. The van der Waals surface area contributed by atoms with Crippen molar-refractivity contribution in [2.75, 3.05) is 0 Å². The number of hydrogen-bond donors (Lipinski definition) is 2. The van der Waals surface area contributed by atoms with E-state index in [-0.39, 0.29) is 17.2 Å². The van der Waals surface area contributed by atoms with Crippen LogP contribution < -0.4 is 5.32 Å². The number of carbonyl (C=O) groups excluding carboxylic acids is 1. The molecule has 0 bridgehead atoms. The van der Waals surface area contributed by atoms with Gasteiger partial charge in [-0.05, 0) is 91.8 Å². The summed E-state index contributed by atoms with van der Waals surface area (Å²) in [6, 6.07) is 20.0. The van der Waals surface area contributed by atoms with Crippen LogP contribution in [0.2, 0.25) is 0 Å². The molecular weight excluding hydrogens is 513 g/mol. The molecule has 0 saturated heterocycles. The number of allylic oxidation sites excluding steroid dienone is 1. The highest BCUT2D eigenvalue weighted by molar-refractivity contribution is 5.94. The maximum absolute atomic E-state index is 13.1. The Balaban J connectivity index is 1.41. The molecule has 2 aromatic carbocycles. The number of nitrogens with one attached hydrogen (secondary N) is 1. The van der Waals surface area contributed by atoms with Crippen LogP contribution in [0.4, 0.5) is 13.2 Å². The molecule has 2 N–H and O–H groups in total. The molecule has 1 aromatic heterocycles. The number of halogens is 3. The molecule has 1 fully saturated rings. The van der Waals surface area contributed by atoms with Gasteiger partial charge in [0.1, 0.15) is 0 Å². The van der Waals surface area contributed by atoms with Crippen LogP contribution >= 0.6 is 0 Å². The third-order valence-electron chi connectivity index (χ3n) is 8.75. The van der Waals surface area contributed by atoms with Crippen molar-refractivity contribution in [3.05, 3.63) is 113 Å². The monoisotopic (exact) mass is 548 g/mol. The van der Waals surface area contributed by atoms with Gasteiger partial charge in [-0.2, -0.15) is 13.2 Å². The Morgan fingerprint density at radius 1 is 1.12 bits per heavy atom. The lowest BCUT2D eigenvalue weighted by Crippen LogP contribution is -2.50. The molecule has 7 heteroatoms. The van der Waals surface area contributed by atoms with E-state index in [0.29, 0.717) is 31.4 Å². The van der Waals surface area contributed by atoms with Gasteiger partial charge in [0.05, 0.1) is 12.0 Å². The zero-order valence-corrected chi connectivity index (χ0v) is 22.7. The number of benzene rings is 2. The van der Waals surface area contributed by atoms with Crippen molar-refractivity contribution in [1.82, 2.24) is 10.3 Å². The largest absolute Gasteiger partial charge is 0.392 e. The van der Waals surface area contributed by atoms with Crippen LogP contribution in [-0.2, 0) is 24.8 Å². The summed E-state index contributed by atoms with van der Waals surface area (Å²) < 4.78 is 38.2. The van der Waals surface area contributed by atoms with Gasteiger partial charge in [-0.3, -0.25) is 9.78 Å². The molecule has 1 heterocycles. The van der Waals surface area contributed by atoms with Gasteiger partial charge in [-0.15, -0.1) is 0 Å². The summed E-state index contributed by atoms with van der Waals surface area (Å²) in [6.07, 6.45) is 2.63. The number of aryl methyl sites for hydroxylation is 2. The molecule has 3 atom stereocenters. The van der Waals surface area contributed by atoms with Gasteiger partial charge in [-0.1, -0.05) is 54.6 Å². The molecule has 1 saturated carbocycles. The minimum Gasteiger partial charge on any atom is -0.386 e. The fourth-order valence-electron chi connectivity index (χ4n) is 6.69. The number of hydrogen-bond acceptors (Lipinski definition) is 3. The van der Waals surface area contributed by atoms with E-state index in [9.17, 15) is 23.1 Å². The number of nitrogens with zero attached hydrogens (tertiary/aromatic N) is 1. The number of fused-ring (bicyclic) bond motifs is 3. The summed E-state index contributed by atoms with van der Waals surface area (Å²) in [6.45, 7) is 2.32. The van der Waals surface area contributed by atoms with Crippen molar-refractivity contribution in [3.63, 3.8) is 0 Å². The van der Waals surface area contributed by atoms with Crippen LogP contribution in [0.3, 0.4) is 0 Å². The topological polar surface area (TPSA) is 62.2 Å². The Bertz CT molecular complexity index is 1390. The predicted molar refractivity (Wildman–Crippen MR) is 149 cm³/mol. The van der Waals surface area contributed by atoms with Gasteiger partial charge in [0.2, 0.25) is 0 Å². The maximum Gasteiger partial charge on any atom is 0.392 e. The van der Waals surface area contributed by atoms with Crippen LogP contribution in [0.5, 0.6) is 0 Å². The minimum absolute atomic E-state index is 0.0997. The lowest BCUT2D eigenvalue weighted by molar-refractivity contribution is -0.125. The van der Waals surface area contributed by atoms with E-state index in [2.05, 4.69) is 28.5 Å². The standard InChI is InChI=1S/C33H35F3N2O2/c1-23-27(9-5-18-37-23)22-38-30(39)26-11-13-29-25(19-26)10-12-28-21-31(40,14-6-15-33(34,35)36)16-17-32(28,29)20-24-7-3-2-4-8-24/h2-9,11,13-14,18-19,28,40H,10,12,15-17,20-22H2,1H3,(H,38,39). The molecule has 0 radical (unpaired) electrons. The Labute approximate surface area is 233 Å². The van der Waals surface area contributed by atoms with E-state index in [0.717, 1.165) is 42.2 Å². The normalized spacial score (nSPS) is 24.4. The van der Waals surface area contributed by atoms with E-state index in [1.54, 1.807) is 6.20 Å². The molecule has 3 unspecified atom stereocenters. The van der Waals surface area contributed by atoms with Gasteiger partial charge >= 0.3 is 6.18 Å². The number of alkyl halides is 3. The third-order valence-corrected chi connectivity index (χ3v) is 8.75. The summed E-state index contributed by atoms with van der Waals surface area (Å²) in [7, 11) is 0. The maximum atomic E-state index is 13.1. The Hall–Kier alpha value is -3.45. The zero-order valence-electron chi connectivity index (χ0n) is 22.7. The van der Waals surface area contributed by atoms with Gasteiger partial charge in [0.15, 0.2) is 0 Å². The summed E-state index contributed by atoms with van der Waals surface area (Å²) in [5.74, 6) is -0.0409. The van der Waals surface area contributed by atoms with Crippen molar-refractivity contribution in [1.29, 1.82) is 0 Å². The van der Waals surface area contributed by atoms with Crippen LogP contribution in [-0.4, -0.2) is 27.8 Å². The van der Waals surface area contributed by atoms with Crippen LogP contribution in [0.15, 0.2) is 79.0 Å². The van der Waals surface area contributed by atoms with Crippen LogP contribution in [0.1, 0.15) is 70.4 Å². The van der Waals surface area contributed by atoms with Gasteiger partial charge in [0.25, 0.3) is 5.91 Å². The van der Waals surface area contributed by atoms with E-state index >= 15 is 0 Å². The second-order valence-electron chi connectivity index (χ2n) is 11.4. The first kappa shape index (κ1) is 28.1. The quantitative estimate of drug-likeness (QED) is 0.320. The van der Waals surface area contributed by atoms with E-state index in [1.807, 2.05) is 49.4 Å². The van der Waals surface area contributed by atoms with Gasteiger partial charge in [0, 0.05) is 29.4 Å². The minimum atomic E-state index is -4.29. The van der Waals surface area contributed by atoms with Crippen molar-refractivity contribution in [2.24, 2.45) is 5.92 Å². The molecule has 0 spiro atoms. The molecule has 210 valence electrons. The van der Waals surface area contributed by atoms with Crippen LogP contribution in [0.25, 0.3) is 0 Å². The highest BCUT2D eigenvalue weighted by atomic mass is 19.4. The van der Waals surface area contributed by atoms with Gasteiger partial charge in [-0.25, -0.2) is 0 Å². The zero-order chi connectivity index (χ0) is 28.4. The molecule has 2 aliphatic rings. The van der Waals surface area contributed by atoms with Gasteiger partial charge < -0.3 is 10.4 Å². The second kappa shape index (κ2) is 11.2. The first-order valence-corrected chi connectivity index (χ1v) is 13.9. The molecule has 1 amide bonds. The highest BCUT2D eigenvalue weighted by Crippen LogP contribution is 2.54. The average Bonchev–Trinajstić information content (AvgIpc) is 2.92. The lowest BCUT2D eigenvalue weighted by atomic mass is 9.52. The molecule has 4 nitrogen and oxygen atoms in total. The van der Waals surface area contributed by atoms with Crippen molar-refractivity contribution >= 4 is 5.91 Å². The molecule has 0 aliphatic heterocycles. The van der Waals surface area contributed by atoms with E-state index in [4.69, 9.17) is 0 Å². The fourth-order valence-corrected chi connectivity index (χ4v) is 6.69. The lowest BCUT2D eigenvalue weighted by Gasteiger charge is -2.53. The molecule has 5 rings (SSSR count). The second-order valence-corrected chi connectivity index (χ2v) is 11.4. The summed E-state index contributed by atoms with van der Waals surface area (Å²) >= 11 is 0. The van der Waals surface area contributed by atoms with E-state index in [1.165, 1.54) is 17.2 Å². The number of aliphatic hydroxyl groups is 1. The third kappa shape index (κ3) is 6.15. The Morgan fingerprint density at radius 3 is 2.67 bits per heavy atom. The number of pyridine rings is 1. The van der Waals surface area contributed by atoms with Crippen molar-refractivity contribution in [3.8, 4) is 0 Å². The summed E-state index contributed by atoms with van der Waals surface area (Å²) in [5, 5.41) is 14.3. The fraction of sp³-hybridized carbons (Fsp3) is 0.394. The van der Waals surface area contributed by atoms with Crippen LogP contribution in [0, 0.1) is 12.8 Å². The smallest absolute Gasteiger partial charge is 0.386 e. The highest BCUT2D eigenvalue weighted by Gasteiger charge is 2.51. The first-order valence-electron chi connectivity index (χ1n) is 13.9. The molecule has 3 aromatic rings. The summed E-state index contributed by atoms with van der Waals surface area (Å²) in [5.41, 5.74) is 4.45. The van der Waals surface area contributed by atoms with Crippen molar-refractivity contribution in [2.45, 2.75) is 75.6 Å². The number of amides is 1. The average molecular weight is 549 g/mol. The first-order chi connectivity index (χ1) is 19.1. The molecular formula is C33H35F3N2O2. The predicted octanol–water partition coefficient (Wildman–Crippen LogP) is 6.79. The Kier molecular flexibility index (Phi) is 7.87. The SMILES string of the molecule is Cc1ncccc1CNC(=O)c1ccc2c(c1)CCC1CC(O)(C=CCC(F)(F)F)CCC21Cc1ccccc1. The number of carbonyl (C=O) groups is 1.